The maximum Gasteiger partial charge on any atom is 0.269 e. The molecular weight excluding hydrogens is 430 g/mol. The smallest absolute Gasteiger partial charge is 0.269 e. The van der Waals surface area contributed by atoms with Gasteiger partial charge >= 0.3 is 0 Å². The summed E-state index contributed by atoms with van der Waals surface area (Å²) in [5.74, 6) is -2.68. The first-order valence-electron chi connectivity index (χ1n) is 8.97. The summed E-state index contributed by atoms with van der Waals surface area (Å²) >= 11 is 1.15. The van der Waals surface area contributed by atoms with E-state index in [1.165, 1.54) is 19.1 Å². The Morgan fingerprint density at radius 2 is 1.81 bits per heavy atom. The summed E-state index contributed by atoms with van der Waals surface area (Å²) < 4.78 is 26.4. The summed E-state index contributed by atoms with van der Waals surface area (Å²) in [6, 6.07) is 7.69. The lowest BCUT2D eigenvalue weighted by atomic mass is 10.1. The topological polar surface area (TPSA) is 114 Å². The number of nitro groups is 1. The van der Waals surface area contributed by atoms with Crippen LogP contribution in [0, 0.1) is 21.7 Å². The first kappa shape index (κ1) is 22.0. The lowest BCUT2D eigenvalue weighted by Crippen LogP contribution is -2.42. The number of aromatic nitrogens is 1. The van der Waals surface area contributed by atoms with Crippen molar-refractivity contribution < 1.29 is 23.3 Å². The fourth-order valence-corrected chi connectivity index (χ4v) is 3.41. The fourth-order valence-electron chi connectivity index (χ4n) is 2.69. The monoisotopic (exact) mass is 446 g/mol. The van der Waals surface area contributed by atoms with Crippen LogP contribution in [0.1, 0.15) is 12.5 Å². The van der Waals surface area contributed by atoms with Crippen molar-refractivity contribution in [3.05, 3.63) is 75.2 Å². The highest BCUT2D eigenvalue weighted by atomic mass is 32.1. The number of halogens is 2. The number of carbonyl (C=O) groups is 2. The number of carbonyl (C=O) groups excluding carboxylic acids is 2. The van der Waals surface area contributed by atoms with Crippen molar-refractivity contribution in [3.63, 3.8) is 0 Å². The van der Waals surface area contributed by atoms with Gasteiger partial charge in [-0.15, -0.1) is 11.3 Å². The molecule has 160 valence electrons. The third kappa shape index (κ3) is 5.89. The van der Waals surface area contributed by atoms with Gasteiger partial charge < -0.3 is 10.6 Å². The average molecular weight is 446 g/mol. The van der Waals surface area contributed by atoms with E-state index >= 15 is 0 Å². The molecule has 0 aliphatic carbocycles. The number of nitrogens with one attached hydrogen (secondary N) is 2. The van der Waals surface area contributed by atoms with E-state index in [0.717, 1.165) is 23.5 Å². The summed E-state index contributed by atoms with van der Waals surface area (Å²) in [6.45, 7) is 1.46. The molecule has 31 heavy (non-hydrogen) atoms. The van der Waals surface area contributed by atoms with Crippen LogP contribution in [0.4, 0.5) is 19.6 Å². The van der Waals surface area contributed by atoms with Crippen molar-refractivity contribution in [2.45, 2.75) is 19.4 Å². The van der Waals surface area contributed by atoms with Crippen molar-refractivity contribution in [2.75, 3.05) is 5.32 Å². The molecule has 0 aliphatic rings. The predicted molar refractivity (Wildman–Crippen MR) is 111 cm³/mol. The standard InChI is InChI=1S/C20H16F2N4O4S/c1-11(23-18(27)8-12-6-14(21)9-15(22)7-12)19(28)25-20-24-17(10-31-20)13-2-4-16(5-3-13)26(29)30/h2-7,9-11H,8H2,1H3,(H,23,27)(H,24,25,28)/t11-/m0/s1. The van der Waals surface area contributed by atoms with E-state index in [0.29, 0.717) is 17.3 Å². The minimum Gasteiger partial charge on any atom is -0.344 e. The van der Waals surface area contributed by atoms with Crippen LogP contribution in [0.15, 0.2) is 47.8 Å². The molecule has 0 saturated carbocycles. The lowest BCUT2D eigenvalue weighted by molar-refractivity contribution is -0.384. The quantitative estimate of drug-likeness (QED) is 0.424. The molecule has 2 amide bonds. The SMILES string of the molecule is C[C@H](NC(=O)Cc1cc(F)cc(F)c1)C(=O)Nc1nc(-c2ccc([N+](=O)[O-])cc2)cs1. The second-order valence-electron chi connectivity index (χ2n) is 6.57. The number of benzene rings is 2. The number of hydrogen-bond acceptors (Lipinski definition) is 6. The van der Waals surface area contributed by atoms with Crippen LogP contribution in [-0.4, -0.2) is 27.8 Å². The van der Waals surface area contributed by atoms with E-state index < -0.39 is 34.4 Å². The zero-order chi connectivity index (χ0) is 22.5. The molecule has 1 atom stereocenters. The molecule has 0 saturated heterocycles. The Labute approximate surface area is 179 Å². The molecule has 0 radical (unpaired) electrons. The predicted octanol–water partition coefficient (Wildman–Crippen LogP) is 3.68. The number of thiazole rings is 1. The first-order chi connectivity index (χ1) is 14.7. The van der Waals surface area contributed by atoms with Crippen LogP contribution in [-0.2, 0) is 16.0 Å². The van der Waals surface area contributed by atoms with Crippen LogP contribution >= 0.6 is 11.3 Å². The summed E-state index contributed by atoms with van der Waals surface area (Å²) in [5.41, 5.74) is 1.28. The van der Waals surface area contributed by atoms with Crippen molar-refractivity contribution >= 4 is 34.0 Å². The Kier molecular flexibility index (Phi) is 6.65. The van der Waals surface area contributed by atoms with Crippen LogP contribution in [0.2, 0.25) is 0 Å². The van der Waals surface area contributed by atoms with Gasteiger partial charge in [-0.2, -0.15) is 0 Å². The minimum atomic E-state index is -0.919. The van der Waals surface area contributed by atoms with Crippen molar-refractivity contribution in [1.29, 1.82) is 0 Å². The van der Waals surface area contributed by atoms with Gasteiger partial charge in [-0.25, -0.2) is 13.8 Å². The highest BCUT2D eigenvalue weighted by molar-refractivity contribution is 7.14. The van der Waals surface area contributed by atoms with Gasteiger partial charge in [0.05, 0.1) is 17.0 Å². The van der Waals surface area contributed by atoms with Gasteiger partial charge in [-0.05, 0) is 36.8 Å². The van der Waals surface area contributed by atoms with Crippen LogP contribution in [0.5, 0.6) is 0 Å². The Morgan fingerprint density at radius 3 is 2.42 bits per heavy atom. The van der Waals surface area contributed by atoms with Gasteiger partial charge in [0.1, 0.15) is 17.7 Å². The second kappa shape index (κ2) is 9.39. The minimum absolute atomic E-state index is 0.0435. The van der Waals surface area contributed by atoms with E-state index in [1.807, 2.05) is 0 Å². The number of amides is 2. The number of nitro benzene ring substituents is 1. The van der Waals surface area contributed by atoms with Gasteiger partial charge in [0.2, 0.25) is 11.8 Å². The van der Waals surface area contributed by atoms with E-state index in [1.54, 1.807) is 17.5 Å². The van der Waals surface area contributed by atoms with Gasteiger partial charge in [0.15, 0.2) is 5.13 Å². The highest BCUT2D eigenvalue weighted by Gasteiger charge is 2.18. The average Bonchev–Trinajstić information content (AvgIpc) is 3.15. The van der Waals surface area contributed by atoms with Crippen molar-refractivity contribution in [1.82, 2.24) is 10.3 Å². The fraction of sp³-hybridized carbons (Fsp3) is 0.150. The Hall–Kier alpha value is -3.73. The van der Waals surface area contributed by atoms with E-state index in [4.69, 9.17) is 0 Å². The molecule has 3 rings (SSSR count). The Balaban J connectivity index is 1.57. The molecule has 0 bridgehead atoms. The van der Waals surface area contributed by atoms with Crippen LogP contribution < -0.4 is 10.6 Å². The van der Waals surface area contributed by atoms with Gasteiger partial charge in [0.25, 0.3) is 5.69 Å². The number of nitrogens with zero attached hydrogens (tertiary/aromatic N) is 2. The zero-order valence-corrected chi connectivity index (χ0v) is 16.9. The molecule has 0 aliphatic heterocycles. The van der Waals surface area contributed by atoms with E-state index in [-0.39, 0.29) is 22.8 Å². The van der Waals surface area contributed by atoms with E-state index in [9.17, 15) is 28.5 Å². The van der Waals surface area contributed by atoms with Gasteiger partial charge in [-0.1, -0.05) is 0 Å². The summed E-state index contributed by atoms with van der Waals surface area (Å²) in [7, 11) is 0. The molecule has 0 unspecified atom stereocenters. The van der Waals surface area contributed by atoms with Gasteiger partial charge in [-0.3, -0.25) is 19.7 Å². The third-order valence-electron chi connectivity index (χ3n) is 4.17. The van der Waals surface area contributed by atoms with Gasteiger partial charge in [0, 0.05) is 29.1 Å². The number of hydrogen-bond donors (Lipinski definition) is 2. The summed E-state index contributed by atoms with van der Waals surface area (Å²) in [4.78, 5) is 38.9. The maximum atomic E-state index is 13.2. The normalized spacial score (nSPS) is 11.6. The maximum absolute atomic E-state index is 13.2. The molecule has 0 fully saturated rings. The molecule has 1 heterocycles. The van der Waals surface area contributed by atoms with Crippen molar-refractivity contribution in [3.8, 4) is 11.3 Å². The number of non-ortho nitro benzene ring substituents is 1. The van der Waals surface area contributed by atoms with Crippen LogP contribution in [0.25, 0.3) is 11.3 Å². The third-order valence-corrected chi connectivity index (χ3v) is 4.92. The molecule has 1 aromatic heterocycles. The molecule has 2 aromatic carbocycles. The van der Waals surface area contributed by atoms with Crippen LogP contribution in [0.3, 0.4) is 0 Å². The second-order valence-corrected chi connectivity index (χ2v) is 7.43. The molecular formula is C20H16F2N4O4S. The van der Waals surface area contributed by atoms with E-state index in [2.05, 4.69) is 15.6 Å². The largest absolute Gasteiger partial charge is 0.344 e. The molecule has 2 N–H and O–H groups in total. The summed E-state index contributed by atoms with van der Waals surface area (Å²) in [6.07, 6.45) is -0.284. The molecule has 3 aromatic rings. The van der Waals surface area contributed by atoms with Crippen molar-refractivity contribution in [2.24, 2.45) is 0 Å². The molecule has 0 spiro atoms. The molecule has 8 nitrogen and oxygen atoms in total. The first-order valence-corrected chi connectivity index (χ1v) is 9.85. The number of anilines is 1. The zero-order valence-electron chi connectivity index (χ0n) is 16.1. The highest BCUT2D eigenvalue weighted by Crippen LogP contribution is 2.26. The molecule has 11 heteroatoms. The number of rotatable bonds is 7. The lowest BCUT2D eigenvalue weighted by Gasteiger charge is -2.13. The summed E-state index contributed by atoms with van der Waals surface area (Å²) in [5, 5.41) is 17.7. The Bertz CT molecular complexity index is 1110. The Morgan fingerprint density at radius 1 is 1.16 bits per heavy atom.